The molecule has 0 saturated carbocycles. The van der Waals surface area contributed by atoms with E-state index in [0.717, 1.165) is 0 Å². The first-order valence-corrected chi connectivity index (χ1v) is 8.61. The Morgan fingerprint density at radius 2 is 1.26 bits per heavy atom. The molecule has 0 radical (unpaired) electrons. The van der Waals surface area contributed by atoms with Crippen LogP contribution in [0.3, 0.4) is 0 Å². The maximum atomic E-state index is 2.40. The number of hydrogen-bond acceptors (Lipinski definition) is 0. The van der Waals surface area contributed by atoms with Crippen molar-refractivity contribution in [3.8, 4) is 0 Å². The molecule has 0 spiro atoms. The summed E-state index contributed by atoms with van der Waals surface area (Å²) in [5.74, 6) is 0. The van der Waals surface area contributed by atoms with Crippen LogP contribution in [0.4, 0.5) is 0 Å². The first-order valence-electron chi connectivity index (χ1n) is 6.15. The molecule has 0 aromatic carbocycles. The molecule has 19 heavy (non-hydrogen) atoms. The molecule has 0 fully saturated rings. The smallest absolute Gasteiger partial charge is 1.00 e. The van der Waals surface area contributed by atoms with Gasteiger partial charge in [0, 0.05) is 0 Å². The maximum absolute atomic E-state index is 2.40. The predicted octanol–water partition coefficient (Wildman–Crippen LogP) is -1.34. The van der Waals surface area contributed by atoms with E-state index < -0.39 is 23.2 Å². The second-order valence-corrected chi connectivity index (χ2v) is 8.05. The van der Waals surface area contributed by atoms with Gasteiger partial charge in [-0.1, -0.05) is 0 Å². The molecule has 0 aliphatic heterocycles. The zero-order chi connectivity index (χ0) is 12.1. The van der Waals surface area contributed by atoms with Gasteiger partial charge in [0.2, 0.25) is 0 Å². The van der Waals surface area contributed by atoms with E-state index in [9.17, 15) is 0 Å². The summed E-state index contributed by atoms with van der Waals surface area (Å²) in [6, 6.07) is 0. The van der Waals surface area contributed by atoms with E-state index >= 15 is 0 Å². The average Bonchev–Trinajstić information content (AvgIpc) is 2.91. The maximum Gasteiger partial charge on any atom is -1.00 e. The van der Waals surface area contributed by atoms with Crippen molar-refractivity contribution in [2.75, 3.05) is 0 Å². The van der Waals surface area contributed by atoms with Crippen LogP contribution in [0.1, 0.15) is 26.7 Å². The molecule has 0 amide bonds. The molecule has 0 atom stereocenters. The van der Waals surface area contributed by atoms with Crippen LogP contribution >= 0.6 is 0 Å². The Balaban J connectivity index is 0.00000162. The normalized spacial score (nSPS) is 17.4. The van der Waals surface area contributed by atoms with Gasteiger partial charge in [0.15, 0.2) is 0 Å². The first kappa shape index (κ1) is 18.9. The largest absolute Gasteiger partial charge is 1.00 e. The van der Waals surface area contributed by atoms with Crippen molar-refractivity contribution in [2.45, 2.75) is 26.7 Å². The number of rotatable bonds is 4. The summed E-state index contributed by atoms with van der Waals surface area (Å²) in [5.41, 5.74) is 2.81. The predicted molar refractivity (Wildman–Crippen MR) is 71.2 cm³/mol. The van der Waals surface area contributed by atoms with Gasteiger partial charge in [0.05, 0.1) is 0 Å². The van der Waals surface area contributed by atoms with Crippen LogP contribution in [-0.4, -0.2) is 0 Å². The van der Waals surface area contributed by atoms with E-state index in [4.69, 9.17) is 0 Å². The Morgan fingerprint density at radius 1 is 0.842 bits per heavy atom. The van der Waals surface area contributed by atoms with Gasteiger partial charge in [0.1, 0.15) is 0 Å². The fourth-order valence-electron chi connectivity index (χ4n) is 2.09. The Morgan fingerprint density at radius 3 is 1.63 bits per heavy atom. The number of halogens is 2. The summed E-state index contributed by atoms with van der Waals surface area (Å²) < 4.78 is 3.42. The summed E-state index contributed by atoms with van der Waals surface area (Å²) in [6.45, 7) is 4.17. The Bertz CT molecular complexity index is 433. The van der Waals surface area contributed by atoms with Gasteiger partial charge in [-0.3, -0.25) is 0 Å². The van der Waals surface area contributed by atoms with Crippen LogP contribution in [0, 0.1) is 0 Å². The van der Waals surface area contributed by atoms with Gasteiger partial charge in [-0.05, 0) is 0 Å². The Kier molecular flexibility index (Phi) is 9.70. The monoisotopic (exact) mass is 370 g/mol. The quantitative estimate of drug-likeness (QED) is 0.573. The second kappa shape index (κ2) is 9.75. The molecule has 0 aromatic rings. The molecule has 3 heteroatoms. The minimum Gasteiger partial charge on any atom is -1.00 e. The zero-order valence-corrected chi connectivity index (χ0v) is 15.3. The van der Waals surface area contributed by atoms with Gasteiger partial charge in [-0.25, -0.2) is 0 Å². The van der Waals surface area contributed by atoms with Crippen molar-refractivity contribution in [3.63, 3.8) is 0 Å². The minimum absolute atomic E-state index is 0. The average molecular weight is 372 g/mol. The van der Waals surface area contributed by atoms with Crippen molar-refractivity contribution >= 4 is 0 Å². The van der Waals surface area contributed by atoms with Crippen LogP contribution in [0.25, 0.3) is 0 Å². The molecule has 0 N–H and O–H groups in total. The SMILES string of the molecule is C/C=C\C1=CC[C]([Zr+2][C]2=CC(/C=C\C)=CC2)=C1.[Cl-].[Cl-]. The Labute approximate surface area is 140 Å². The molecular weight excluding hydrogens is 354 g/mol. The summed E-state index contributed by atoms with van der Waals surface area (Å²) in [4.78, 5) is 0. The third kappa shape index (κ3) is 5.82. The van der Waals surface area contributed by atoms with E-state index in [0.29, 0.717) is 0 Å². The van der Waals surface area contributed by atoms with E-state index in [2.05, 4.69) is 62.5 Å². The molecular formula is C16H18Cl2Zr. The van der Waals surface area contributed by atoms with Crippen LogP contribution in [0.5, 0.6) is 0 Å². The number of hydrogen-bond donors (Lipinski definition) is 0. The van der Waals surface area contributed by atoms with Gasteiger partial charge in [-0.2, -0.15) is 0 Å². The van der Waals surface area contributed by atoms with Crippen molar-refractivity contribution in [1.29, 1.82) is 0 Å². The molecule has 0 unspecified atom stereocenters. The van der Waals surface area contributed by atoms with Crippen molar-refractivity contribution in [2.24, 2.45) is 0 Å². The van der Waals surface area contributed by atoms with E-state index in [1.54, 1.807) is 6.56 Å². The van der Waals surface area contributed by atoms with Crippen molar-refractivity contribution in [3.05, 3.63) is 66.3 Å². The van der Waals surface area contributed by atoms with Crippen LogP contribution in [0.15, 0.2) is 66.3 Å². The summed E-state index contributed by atoms with van der Waals surface area (Å²) >= 11 is -0.478. The van der Waals surface area contributed by atoms with E-state index in [1.807, 2.05) is 0 Å². The van der Waals surface area contributed by atoms with Crippen LogP contribution in [-0.2, 0) is 23.2 Å². The minimum atomic E-state index is -0.478. The van der Waals surface area contributed by atoms with Gasteiger partial charge in [-0.15, -0.1) is 0 Å². The van der Waals surface area contributed by atoms with Crippen LogP contribution < -0.4 is 24.8 Å². The van der Waals surface area contributed by atoms with Gasteiger partial charge < -0.3 is 24.8 Å². The van der Waals surface area contributed by atoms with Crippen LogP contribution in [0.2, 0.25) is 0 Å². The fourth-order valence-corrected chi connectivity index (χ4v) is 5.28. The van der Waals surface area contributed by atoms with E-state index in [-0.39, 0.29) is 24.8 Å². The molecule has 0 nitrogen and oxygen atoms in total. The molecule has 2 rings (SSSR count). The molecule has 0 aromatic heterocycles. The standard InChI is InChI=1S/2C8H9.2ClH.Zr/c2*1-2-5-8-6-3-4-7-8;;;/h2*2,5-7H,3H2,1H3;2*1H;/q;;;;+2/p-2/b2*5-2-;;;. The topological polar surface area (TPSA) is 0 Å². The van der Waals surface area contributed by atoms with Crippen molar-refractivity contribution in [1.82, 2.24) is 0 Å². The molecule has 0 bridgehead atoms. The molecule has 0 heterocycles. The third-order valence-electron chi connectivity index (χ3n) is 2.84. The summed E-state index contributed by atoms with van der Waals surface area (Å²) in [7, 11) is 0. The zero-order valence-electron chi connectivity index (χ0n) is 11.3. The molecule has 2 aliphatic rings. The molecule has 0 saturated heterocycles. The number of allylic oxidation sites excluding steroid dienone is 12. The summed E-state index contributed by atoms with van der Waals surface area (Å²) in [5, 5.41) is 0. The first-order chi connectivity index (χ1) is 8.31. The Hall–Kier alpha value is -0.0969. The fraction of sp³-hybridized carbons (Fsp3) is 0.250. The molecule has 2 aliphatic carbocycles. The van der Waals surface area contributed by atoms with Gasteiger partial charge in [0.25, 0.3) is 0 Å². The summed E-state index contributed by atoms with van der Waals surface area (Å²) in [6.07, 6.45) is 20.6. The molecule has 100 valence electrons. The van der Waals surface area contributed by atoms with E-state index in [1.165, 1.54) is 24.0 Å². The third-order valence-corrected chi connectivity index (χ3v) is 6.13. The van der Waals surface area contributed by atoms with Gasteiger partial charge >= 0.3 is 116 Å². The van der Waals surface area contributed by atoms with Crippen molar-refractivity contribution < 1.29 is 48.0 Å². The second-order valence-electron chi connectivity index (χ2n) is 4.28.